The maximum Gasteiger partial charge on any atom is 0.269 e. The van der Waals surface area contributed by atoms with Crippen molar-refractivity contribution >= 4 is 5.91 Å². The Labute approximate surface area is 122 Å². The molecule has 0 spiro atoms. The Morgan fingerprint density at radius 3 is 2.86 bits per heavy atom. The number of rotatable bonds is 4. The fourth-order valence-corrected chi connectivity index (χ4v) is 2.51. The van der Waals surface area contributed by atoms with Crippen LogP contribution in [0.1, 0.15) is 16.1 Å². The molecule has 3 N–H and O–H groups in total. The van der Waals surface area contributed by atoms with Gasteiger partial charge in [-0.1, -0.05) is 0 Å². The van der Waals surface area contributed by atoms with Gasteiger partial charge in [0.05, 0.1) is 12.1 Å². The van der Waals surface area contributed by atoms with Crippen molar-refractivity contribution in [1.29, 1.82) is 0 Å². The van der Waals surface area contributed by atoms with Crippen molar-refractivity contribution in [3.8, 4) is 0 Å². The molecule has 0 aromatic carbocycles. The van der Waals surface area contributed by atoms with Gasteiger partial charge in [-0.15, -0.1) is 0 Å². The quantitative estimate of drug-likeness (QED) is 0.723. The first kappa shape index (κ1) is 13.7. The summed E-state index contributed by atoms with van der Waals surface area (Å²) in [6, 6.07) is 5.22. The van der Waals surface area contributed by atoms with E-state index in [1.54, 1.807) is 18.5 Å². The lowest BCUT2D eigenvalue weighted by Gasteiger charge is -2.16. The maximum absolute atomic E-state index is 12.0. The number of hydrogen-bond acceptors (Lipinski definition) is 5. The largest absolute Gasteiger partial charge is 0.390 e. The van der Waals surface area contributed by atoms with Crippen molar-refractivity contribution in [3.05, 3.63) is 48.0 Å². The summed E-state index contributed by atoms with van der Waals surface area (Å²) in [4.78, 5) is 18.0. The van der Waals surface area contributed by atoms with Gasteiger partial charge in [-0.25, -0.2) is 0 Å². The van der Waals surface area contributed by atoms with Gasteiger partial charge < -0.3 is 10.4 Å². The Balaban J connectivity index is 1.57. The summed E-state index contributed by atoms with van der Waals surface area (Å²) < 4.78 is 0. The van der Waals surface area contributed by atoms with Crippen LogP contribution in [0.4, 0.5) is 0 Å². The second kappa shape index (κ2) is 6.02. The average Bonchev–Trinajstić information content (AvgIpc) is 3.11. The van der Waals surface area contributed by atoms with Gasteiger partial charge in [-0.2, -0.15) is 5.10 Å². The number of nitrogens with zero attached hydrogens (tertiary/aromatic N) is 3. The highest BCUT2D eigenvalue weighted by Gasteiger charge is 2.32. The van der Waals surface area contributed by atoms with E-state index < -0.39 is 6.10 Å². The zero-order chi connectivity index (χ0) is 14.7. The number of β-amino-alcohol motifs (C(OH)–C–C–N with tert-alkyl or cyclic N) is 1. The Morgan fingerprint density at radius 1 is 1.33 bits per heavy atom. The van der Waals surface area contributed by atoms with E-state index in [9.17, 15) is 9.90 Å². The average molecular weight is 287 g/mol. The number of aromatic amines is 1. The van der Waals surface area contributed by atoms with E-state index >= 15 is 0 Å². The minimum Gasteiger partial charge on any atom is -0.390 e. The van der Waals surface area contributed by atoms with E-state index in [-0.39, 0.29) is 11.9 Å². The highest BCUT2D eigenvalue weighted by Crippen LogP contribution is 2.14. The third kappa shape index (κ3) is 3.26. The molecule has 0 radical (unpaired) electrons. The molecule has 1 aliphatic heterocycles. The van der Waals surface area contributed by atoms with Crippen LogP contribution in [0.15, 0.2) is 36.8 Å². The standard InChI is InChI=1S/C14H17N5O2/c20-13-9-19(7-10-1-4-15-5-2-10)8-12(13)17-14(21)11-3-6-16-18-11/h1-6,12-13,20H,7-9H2,(H,16,18)(H,17,21)/t12-,13-/m1/s1. The lowest BCUT2D eigenvalue weighted by molar-refractivity contribution is 0.0883. The molecule has 0 saturated carbocycles. The molecule has 2 aromatic heterocycles. The molecule has 0 bridgehead atoms. The number of nitrogens with one attached hydrogen (secondary N) is 2. The molecule has 1 amide bonds. The predicted molar refractivity (Wildman–Crippen MR) is 75.4 cm³/mol. The van der Waals surface area contributed by atoms with E-state index in [1.807, 2.05) is 12.1 Å². The van der Waals surface area contributed by atoms with E-state index in [1.165, 1.54) is 6.20 Å². The molecule has 1 aliphatic rings. The van der Waals surface area contributed by atoms with E-state index in [2.05, 4.69) is 25.4 Å². The molecule has 21 heavy (non-hydrogen) atoms. The van der Waals surface area contributed by atoms with Crippen LogP contribution in [0, 0.1) is 0 Å². The molecule has 3 rings (SSSR count). The van der Waals surface area contributed by atoms with Crippen molar-refractivity contribution in [2.45, 2.75) is 18.7 Å². The lowest BCUT2D eigenvalue weighted by Crippen LogP contribution is -2.42. The Bertz CT molecular complexity index is 587. The highest BCUT2D eigenvalue weighted by atomic mass is 16.3. The molecule has 2 aromatic rings. The fraction of sp³-hybridized carbons (Fsp3) is 0.357. The van der Waals surface area contributed by atoms with Crippen molar-refractivity contribution in [1.82, 2.24) is 25.4 Å². The first-order chi connectivity index (χ1) is 10.2. The van der Waals surface area contributed by atoms with Gasteiger partial charge in [-0.3, -0.25) is 19.8 Å². The lowest BCUT2D eigenvalue weighted by atomic mass is 10.2. The third-order valence-electron chi connectivity index (χ3n) is 3.58. The number of pyridine rings is 1. The molecular weight excluding hydrogens is 270 g/mol. The summed E-state index contributed by atoms with van der Waals surface area (Å²) in [5.74, 6) is -0.248. The first-order valence-electron chi connectivity index (χ1n) is 6.82. The number of carbonyl (C=O) groups is 1. The fourth-order valence-electron chi connectivity index (χ4n) is 2.51. The van der Waals surface area contributed by atoms with Gasteiger partial charge in [0.15, 0.2) is 0 Å². The molecule has 7 nitrogen and oxygen atoms in total. The van der Waals surface area contributed by atoms with E-state index in [0.717, 1.165) is 12.1 Å². The number of H-pyrrole nitrogens is 1. The summed E-state index contributed by atoms with van der Waals surface area (Å²) >= 11 is 0. The number of carbonyl (C=O) groups excluding carboxylic acids is 1. The molecule has 110 valence electrons. The normalized spacial score (nSPS) is 22.3. The van der Waals surface area contributed by atoms with Gasteiger partial charge in [0.1, 0.15) is 5.69 Å². The van der Waals surface area contributed by atoms with Gasteiger partial charge in [0.25, 0.3) is 5.91 Å². The number of hydrogen-bond donors (Lipinski definition) is 3. The zero-order valence-corrected chi connectivity index (χ0v) is 11.4. The minimum absolute atomic E-state index is 0.248. The summed E-state index contributed by atoms with van der Waals surface area (Å²) in [5, 5.41) is 19.3. The molecule has 1 saturated heterocycles. The number of aliphatic hydroxyl groups is 1. The topological polar surface area (TPSA) is 94.1 Å². The zero-order valence-electron chi connectivity index (χ0n) is 11.4. The van der Waals surface area contributed by atoms with Gasteiger partial charge in [0, 0.05) is 38.2 Å². The molecule has 3 heterocycles. The monoisotopic (exact) mass is 287 g/mol. The number of aliphatic hydroxyl groups excluding tert-OH is 1. The van der Waals surface area contributed by atoms with E-state index in [0.29, 0.717) is 18.8 Å². The van der Waals surface area contributed by atoms with Crippen LogP contribution in [0.25, 0.3) is 0 Å². The SMILES string of the molecule is O=C(N[C@@H]1CN(Cc2ccncc2)C[C@H]1O)c1ccn[nH]1. The highest BCUT2D eigenvalue weighted by molar-refractivity contribution is 5.92. The Kier molecular flexibility index (Phi) is 3.94. The smallest absolute Gasteiger partial charge is 0.269 e. The second-order valence-corrected chi connectivity index (χ2v) is 5.17. The van der Waals surface area contributed by atoms with Crippen LogP contribution in [0.5, 0.6) is 0 Å². The van der Waals surface area contributed by atoms with Crippen LogP contribution >= 0.6 is 0 Å². The van der Waals surface area contributed by atoms with Crippen LogP contribution in [0.3, 0.4) is 0 Å². The van der Waals surface area contributed by atoms with Crippen molar-refractivity contribution in [2.75, 3.05) is 13.1 Å². The molecule has 2 atom stereocenters. The van der Waals surface area contributed by atoms with Crippen LogP contribution in [-0.2, 0) is 6.54 Å². The van der Waals surface area contributed by atoms with Gasteiger partial charge in [-0.05, 0) is 23.8 Å². The minimum atomic E-state index is -0.571. The van der Waals surface area contributed by atoms with E-state index in [4.69, 9.17) is 0 Å². The third-order valence-corrected chi connectivity index (χ3v) is 3.58. The molecule has 1 fully saturated rings. The first-order valence-corrected chi connectivity index (χ1v) is 6.82. The molecule has 7 heteroatoms. The second-order valence-electron chi connectivity index (χ2n) is 5.17. The number of likely N-dealkylation sites (tertiary alicyclic amines) is 1. The van der Waals surface area contributed by atoms with Crippen LogP contribution < -0.4 is 5.32 Å². The van der Waals surface area contributed by atoms with Gasteiger partial charge in [0.2, 0.25) is 0 Å². The summed E-state index contributed by atoms with van der Waals surface area (Å²) in [6.07, 6.45) is 4.45. The van der Waals surface area contributed by atoms with Crippen LogP contribution in [-0.4, -0.2) is 56.3 Å². The summed E-state index contributed by atoms with van der Waals surface area (Å²) in [7, 11) is 0. The maximum atomic E-state index is 12.0. The Morgan fingerprint density at radius 2 is 2.14 bits per heavy atom. The van der Waals surface area contributed by atoms with Crippen molar-refractivity contribution in [2.24, 2.45) is 0 Å². The van der Waals surface area contributed by atoms with Crippen molar-refractivity contribution < 1.29 is 9.90 Å². The van der Waals surface area contributed by atoms with Gasteiger partial charge >= 0.3 is 0 Å². The summed E-state index contributed by atoms with van der Waals surface area (Å²) in [5.41, 5.74) is 1.53. The van der Waals surface area contributed by atoms with Crippen LogP contribution in [0.2, 0.25) is 0 Å². The predicted octanol–water partition coefficient (Wildman–Crippen LogP) is -0.220. The molecular formula is C14H17N5O2. The number of aromatic nitrogens is 3. The number of amides is 1. The molecule has 0 aliphatic carbocycles. The Hall–Kier alpha value is -2.25. The van der Waals surface area contributed by atoms with Crippen molar-refractivity contribution in [3.63, 3.8) is 0 Å². The molecule has 0 unspecified atom stereocenters. The summed E-state index contributed by atoms with van der Waals surface area (Å²) in [6.45, 7) is 1.88.